The van der Waals surface area contributed by atoms with Crippen molar-refractivity contribution in [3.8, 4) is 0 Å². The Bertz CT molecular complexity index is 641. The summed E-state index contributed by atoms with van der Waals surface area (Å²) in [5.41, 5.74) is -2.06. The van der Waals surface area contributed by atoms with Crippen molar-refractivity contribution in [3.63, 3.8) is 0 Å². The fourth-order valence-electron chi connectivity index (χ4n) is 5.16. The summed E-state index contributed by atoms with van der Waals surface area (Å²) in [4.78, 5) is 39.4. The lowest BCUT2D eigenvalue weighted by Gasteiger charge is -2.58. The first kappa shape index (κ1) is 21.1. The molecule has 3 rings (SSSR count). The van der Waals surface area contributed by atoms with Crippen LogP contribution in [0.25, 0.3) is 0 Å². The third-order valence-electron chi connectivity index (χ3n) is 7.42. The van der Waals surface area contributed by atoms with E-state index in [0.29, 0.717) is 19.1 Å². The van der Waals surface area contributed by atoms with E-state index >= 15 is 0 Å². The highest BCUT2D eigenvalue weighted by Crippen LogP contribution is 2.51. The van der Waals surface area contributed by atoms with Crippen molar-refractivity contribution in [2.75, 3.05) is 13.2 Å². The minimum atomic E-state index is -1.35. The lowest BCUT2D eigenvalue weighted by atomic mass is 9.54. The Balaban J connectivity index is 1.66. The van der Waals surface area contributed by atoms with Crippen molar-refractivity contribution in [1.82, 2.24) is 10.2 Å². The molecule has 2 aliphatic carbocycles. The molecule has 1 aliphatic heterocycles. The van der Waals surface area contributed by atoms with Gasteiger partial charge in [-0.15, -0.1) is 0 Å². The maximum atomic E-state index is 12.9. The summed E-state index contributed by atoms with van der Waals surface area (Å²) < 4.78 is 5.65. The molecule has 3 atom stereocenters. The Morgan fingerprint density at radius 2 is 1.89 bits per heavy atom. The molecule has 0 aromatic heterocycles. The number of rotatable bonds is 6. The van der Waals surface area contributed by atoms with Gasteiger partial charge in [0.2, 0.25) is 11.8 Å². The Labute approximate surface area is 167 Å². The highest BCUT2D eigenvalue weighted by Gasteiger charge is 2.66. The summed E-state index contributed by atoms with van der Waals surface area (Å²) in [6.07, 6.45) is 4.41. The molecule has 3 unspecified atom stereocenters. The zero-order valence-electron chi connectivity index (χ0n) is 17.5. The van der Waals surface area contributed by atoms with E-state index in [4.69, 9.17) is 4.74 Å². The predicted molar refractivity (Wildman–Crippen MR) is 104 cm³/mol. The maximum Gasteiger partial charge on any atom is 0.330 e. The lowest BCUT2D eigenvalue weighted by Crippen LogP contribution is -2.76. The second kappa shape index (κ2) is 7.65. The largest absolute Gasteiger partial charge is 0.479 e. The quantitative estimate of drug-likeness (QED) is 0.720. The second-order valence-electron chi connectivity index (χ2n) is 9.43. The minimum Gasteiger partial charge on any atom is -0.479 e. The maximum absolute atomic E-state index is 12.9. The third kappa shape index (κ3) is 3.42. The van der Waals surface area contributed by atoms with Gasteiger partial charge in [0.1, 0.15) is 5.54 Å². The summed E-state index contributed by atoms with van der Waals surface area (Å²) in [6.45, 7) is 8.65. The fraction of sp³-hybridized carbons (Fsp3) is 0.857. The Morgan fingerprint density at radius 1 is 1.25 bits per heavy atom. The van der Waals surface area contributed by atoms with Crippen LogP contribution in [-0.4, -0.2) is 58.6 Å². The van der Waals surface area contributed by atoms with Crippen molar-refractivity contribution in [2.45, 2.75) is 83.9 Å². The van der Waals surface area contributed by atoms with Crippen LogP contribution in [0, 0.1) is 17.3 Å². The molecule has 28 heavy (non-hydrogen) atoms. The standard InChI is InChI=1S/C21H34N2O5/c1-5-28-16-11-21(19(26)27,20(16,3)4)22-18(25)14-10-17(24)23(12-14)15-8-6-13(2)7-9-15/h13-16H,5-12H2,1-4H3,(H,22,25)(H,26,27). The first-order valence-electron chi connectivity index (χ1n) is 10.6. The summed E-state index contributed by atoms with van der Waals surface area (Å²) in [6, 6.07) is 0.220. The van der Waals surface area contributed by atoms with Crippen LogP contribution in [0.1, 0.15) is 66.2 Å². The average molecular weight is 395 g/mol. The van der Waals surface area contributed by atoms with Gasteiger partial charge < -0.3 is 20.1 Å². The summed E-state index contributed by atoms with van der Waals surface area (Å²) in [5, 5.41) is 12.7. The van der Waals surface area contributed by atoms with Crippen molar-refractivity contribution >= 4 is 17.8 Å². The summed E-state index contributed by atoms with van der Waals surface area (Å²) in [5.74, 6) is -1.13. The van der Waals surface area contributed by atoms with Crippen molar-refractivity contribution in [3.05, 3.63) is 0 Å². The first-order chi connectivity index (χ1) is 13.1. The van der Waals surface area contributed by atoms with Crippen LogP contribution in [0.15, 0.2) is 0 Å². The molecule has 7 nitrogen and oxygen atoms in total. The summed E-state index contributed by atoms with van der Waals surface area (Å²) in [7, 11) is 0. The van der Waals surface area contributed by atoms with Gasteiger partial charge in [0.25, 0.3) is 0 Å². The smallest absolute Gasteiger partial charge is 0.330 e. The van der Waals surface area contributed by atoms with Gasteiger partial charge in [0.15, 0.2) is 0 Å². The van der Waals surface area contributed by atoms with Crippen LogP contribution < -0.4 is 5.32 Å². The first-order valence-corrected chi connectivity index (χ1v) is 10.6. The fourth-order valence-corrected chi connectivity index (χ4v) is 5.16. The number of likely N-dealkylation sites (tertiary alicyclic amines) is 1. The van der Waals surface area contributed by atoms with Gasteiger partial charge in [0, 0.05) is 37.5 Å². The van der Waals surface area contributed by atoms with Gasteiger partial charge in [0.05, 0.1) is 12.0 Å². The van der Waals surface area contributed by atoms with Crippen LogP contribution >= 0.6 is 0 Å². The van der Waals surface area contributed by atoms with E-state index < -0.39 is 22.8 Å². The van der Waals surface area contributed by atoms with E-state index in [1.807, 2.05) is 25.7 Å². The molecule has 2 saturated carbocycles. The highest BCUT2D eigenvalue weighted by molar-refractivity contribution is 5.94. The number of hydrogen-bond acceptors (Lipinski definition) is 4. The molecule has 0 aromatic rings. The Morgan fingerprint density at radius 3 is 2.43 bits per heavy atom. The zero-order valence-corrected chi connectivity index (χ0v) is 17.5. The Kier molecular flexibility index (Phi) is 5.76. The highest BCUT2D eigenvalue weighted by atomic mass is 16.5. The van der Waals surface area contributed by atoms with E-state index in [1.54, 1.807) is 0 Å². The molecular weight excluding hydrogens is 360 g/mol. The molecule has 2 N–H and O–H groups in total. The number of ether oxygens (including phenoxy) is 1. The number of nitrogens with one attached hydrogen (secondary N) is 1. The molecule has 0 radical (unpaired) electrons. The van der Waals surface area contributed by atoms with Gasteiger partial charge in [-0.05, 0) is 38.5 Å². The summed E-state index contributed by atoms with van der Waals surface area (Å²) >= 11 is 0. The number of amides is 2. The number of hydrogen-bond donors (Lipinski definition) is 2. The minimum absolute atomic E-state index is 0.0177. The van der Waals surface area contributed by atoms with E-state index in [2.05, 4.69) is 12.2 Å². The van der Waals surface area contributed by atoms with Crippen LogP contribution in [-0.2, 0) is 19.1 Å². The molecule has 2 amide bonds. The SMILES string of the molecule is CCOC1CC(NC(=O)C2CC(=O)N(C3CCC(C)CC3)C2)(C(=O)O)C1(C)C. The predicted octanol–water partition coefficient (Wildman–Crippen LogP) is 2.19. The van der Waals surface area contributed by atoms with E-state index in [-0.39, 0.29) is 36.8 Å². The number of carboxylic acid groups (broad SMARTS) is 1. The molecule has 158 valence electrons. The van der Waals surface area contributed by atoms with Crippen molar-refractivity contribution in [1.29, 1.82) is 0 Å². The van der Waals surface area contributed by atoms with Gasteiger partial charge in [-0.1, -0.05) is 20.8 Å². The molecule has 0 bridgehead atoms. The van der Waals surface area contributed by atoms with Crippen molar-refractivity contribution in [2.24, 2.45) is 17.3 Å². The van der Waals surface area contributed by atoms with Crippen LogP contribution in [0.5, 0.6) is 0 Å². The van der Waals surface area contributed by atoms with E-state index in [1.165, 1.54) is 0 Å². The van der Waals surface area contributed by atoms with Crippen LogP contribution in [0.2, 0.25) is 0 Å². The molecule has 1 heterocycles. The zero-order chi connectivity index (χ0) is 20.7. The molecular formula is C21H34N2O5. The van der Waals surface area contributed by atoms with E-state index in [9.17, 15) is 19.5 Å². The second-order valence-corrected chi connectivity index (χ2v) is 9.43. The number of carbonyl (C=O) groups excluding carboxylic acids is 2. The van der Waals surface area contributed by atoms with Crippen LogP contribution in [0.3, 0.4) is 0 Å². The van der Waals surface area contributed by atoms with Gasteiger partial charge in [-0.25, -0.2) is 4.79 Å². The molecule has 7 heteroatoms. The monoisotopic (exact) mass is 394 g/mol. The number of carboxylic acids is 1. The third-order valence-corrected chi connectivity index (χ3v) is 7.42. The number of nitrogens with zero attached hydrogens (tertiary/aromatic N) is 1. The molecule has 3 fully saturated rings. The number of carbonyl (C=O) groups is 3. The number of aliphatic carboxylic acids is 1. The van der Waals surface area contributed by atoms with E-state index in [0.717, 1.165) is 25.7 Å². The lowest BCUT2D eigenvalue weighted by molar-refractivity contribution is -0.195. The van der Waals surface area contributed by atoms with Gasteiger partial charge >= 0.3 is 5.97 Å². The van der Waals surface area contributed by atoms with Crippen molar-refractivity contribution < 1.29 is 24.2 Å². The van der Waals surface area contributed by atoms with Gasteiger partial charge in [-0.3, -0.25) is 9.59 Å². The molecule has 1 saturated heterocycles. The topological polar surface area (TPSA) is 95.9 Å². The molecule has 0 spiro atoms. The Hall–Kier alpha value is -1.63. The van der Waals surface area contributed by atoms with Crippen LogP contribution in [0.4, 0.5) is 0 Å². The van der Waals surface area contributed by atoms with Gasteiger partial charge in [-0.2, -0.15) is 0 Å². The molecule has 0 aromatic carbocycles. The normalized spacial score (nSPS) is 37.4. The molecule has 3 aliphatic rings. The average Bonchev–Trinajstić information content (AvgIpc) is 3.02.